The second-order valence-electron chi connectivity index (χ2n) is 5.23. The summed E-state index contributed by atoms with van der Waals surface area (Å²) in [6.07, 6.45) is 4.48. The first-order valence-corrected chi connectivity index (χ1v) is 7.00. The van der Waals surface area contributed by atoms with Crippen LogP contribution in [0.3, 0.4) is 0 Å². The van der Waals surface area contributed by atoms with Crippen molar-refractivity contribution in [1.29, 1.82) is 0 Å². The van der Waals surface area contributed by atoms with Crippen LogP contribution in [-0.4, -0.2) is 25.9 Å². The minimum Gasteiger partial charge on any atom is -0.493 e. The number of rotatable bonds is 7. The lowest BCUT2D eigenvalue weighted by Gasteiger charge is -2.40. The predicted octanol–water partition coefficient (Wildman–Crippen LogP) is 3.04. The van der Waals surface area contributed by atoms with E-state index < -0.39 is 0 Å². The lowest BCUT2D eigenvalue weighted by molar-refractivity contribution is -0.0601. The zero-order valence-corrected chi connectivity index (χ0v) is 11.9. The largest absolute Gasteiger partial charge is 0.493 e. The van der Waals surface area contributed by atoms with Crippen molar-refractivity contribution in [2.24, 2.45) is 0 Å². The molecular formula is C15H24N2O2. The molecule has 1 aliphatic carbocycles. The number of nitrogen functional groups attached to an aromatic ring is 1. The van der Waals surface area contributed by atoms with Gasteiger partial charge in [0.15, 0.2) is 0 Å². The Morgan fingerprint density at radius 2 is 2.11 bits per heavy atom. The van der Waals surface area contributed by atoms with Gasteiger partial charge >= 0.3 is 0 Å². The highest BCUT2D eigenvalue weighted by Gasteiger charge is 2.36. The summed E-state index contributed by atoms with van der Waals surface area (Å²) in [5.74, 6) is 0.824. The van der Waals surface area contributed by atoms with Crippen molar-refractivity contribution in [3.8, 4) is 5.75 Å². The van der Waals surface area contributed by atoms with Gasteiger partial charge in [0, 0.05) is 37.2 Å². The number of nitrogens with one attached hydrogen (secondary N) is 1. The SMILES string of the molecule is CCCOc1cc(N)cc(NCC2(OC)CCC2)c1. The third kappa shape index (κ3) is 3.53. The molecule has 0 amide bonds. The summed E-state index contributed by atoms with van der Waals surface area (Å²) >= 11 is 0. The van der Waals surface area contributed by atoms with E-state index in [9.17, 15) is 0 Å². The summed E-state index contributed by atoms with van der Waals surface area (Å²) in [7, 11) is 1.79. The lowest BCUT2D eigenvalue weighted by Crippen LogP contribution is -2.45. The smallest absolute Gasteiger partial charge is 0.123 e. The Labute approximate surface area is 115 Å². The van der Waals surface area contributed by atoms with Gasteiger partial charge in [0.1, 0.15) is 5.75 Å². The molecule has 0 atom stereocenters. The fourth-order valence-corrected chi connectivity index (χ4v) is 2.31. The molecule has 0 spiro atoms. The van der Waals surface area contributed by atoms with Crippen LogP contribution in [-0.2, 0) is 4.74 Å². The van der Waals surface area contributed by atoms with Gasteiger partial charge in [-0.1, -0.05) is 6.92 Å². The molecule has 0 radical (unpaired) electrons. The minimum absolute atomic E-state index is 0.00897. The van der Waals surface area contributed by atoms with E-state index >= 15 is 0 Å². The number of ether oxygens (including phenoxy) is 2. The molecule has 0 heterocycles. The van der Waals surface area contributed by atoms with Crippen molar-refractivity contribution in [3.63, 3.8) is 0 Å². The van der Waals surface area contributed by atoms with Crippen LogP contribution in [0.5, 0.6) is 5.75 Å². The topological polar surface area (TPSA) is 56.5 Å². The van der Waals surface area contributed by atoms with E-state index in [1.165, 1.54) is 6.42 Å². The van der Waals surface area contributed by atoms with E-state index in [4.69, 9.17) is 15.2 Å². The van der Waals surface area contributed by atoms with Crippen LogP contribution in [0.15, 0.2) is 18.2 Å². The van der Waals surface area contributed by atoms with E-state index in [2.05, 4.69) is 12.2 Å². The third-order valence-electron chi connectivity index (χ3n) is 3.71. The molecule has 4 nitrogen and oxygen atoms in total. The van der Waals surface area contributed by atoms with Crippen LogP contribution in [0.4, 0.5) is 11.4 Å². The first kappa shape index (κ1) is 14.0. The van der Waals surface area contributed by atoms with Crippen molar-refractivity contribution >= 4 is 11.4 Å². The summed E-state index contributed by atoms with van der Waals surface area (Å²) in [6, 6.07) is 5.78. The monoisotopic (exact) mass is 264 g/mol. The summed E-state index contributed by atoms with van der Waals surface area (Å²) in [5.41, 5.74) is 7.62. The van der Waals surface area contributed by atoms with Crippen molar-refractivity contribution in [1.82, 2.24) is 0 Å². The first-order chi connectivity index (χ1) is 9.17. The molecule has 1 fully saturated rings. The van der Waals surface area contributed by atoms with Crippen LogP contribution in [0.2, 0.25) is 0 Å². The van der Waals surface area contributed by atoms with Crippen molar-refractivity contribution < 1.29 is 9.47 Å². The molecule has 0 aromatic heterocycles. The highest BCUT2D eigenvalue weighted by atomic mass is 16.5. The average molecular weight is 264 g/mol. The fraction of sp³-hybridized carbons (Fsp3) is 0.600. The fourth-order valence-electron chi connectivity index (χ4n) is 2.31. The Kier molecular flexibility index (Phi) is 4.53. The maximum atomic E-state index is 5.90. The summed E-state index contributed by atoms with van der Waals surface area (Å²) < 4.78 is 11.2. The van der Waals surface area contributed by atoms with Gasteiger partial charge in [-0.3, -0.25) is 0 Å². The Morgan fingerprint density at radius 1 is 1.32 bits per heavy atom. The summed E-state index contributed by atoms with van der Waals surface area (Å²) in [6.45, 7) is 3.62. The van der Waals surface area contributed by atoms with Gasteiger partial charge < -0.3 is 20.5 Å². The van der Waals surface area contributed by atoms with E-state index in [1.54, 1.807) is 7.11 Å². The van der Waals surface area contributed by atoms with Gasteiger partial charge in [0.2, 0.25) is 0 Å². The summed E-state index contributed by atoms with van der Waals surface area (Å²) in [5, 5.41) is 3.41. The Balaban J connectivity index is 1.97. The molecule has 0 unspecified atom stereocenters. The molecule has 106 valence electrons. The van der Waals surface area contributed by atoms with Crippen LogP contribution in [0.25, 0.3) is 0 Å². The van der Waals surface area contributed by atoms with E-state index in [0.29, 0.717) is 6.61 Å². The van der Waals surface area contributed by atoms with Gasteiger partial charge in [-0.2, -0.15) is 0 Å². The molecule has 1 aromatic rings. The molecule has 2 rings (SSSR count). The number of benzene rings is 1. The molecule has 19 heavy (non-hydrogen) atoms. The maximum Gasteiger partial charge on any atom is 0.123 e. The zero-order valence-electron chi connectivity index (χ0n) is 11.9. The summed E-state index contributed by atoms with van der Waals surface area (Å²) in [4.78, 5) is 0. The molecule has 0 saturated heterocycles. The quantitative estimate of drug-likeness (QED) is 0.743. The maximum absolute atomic E-state index is 5.90. The lowest BCUT2D eigenvalue weighted by atomic mass is 9.80. The number of anilines is 2. The van der Waals surface area contributed by atoms with Crippen LogP contribution < -0.4 is 15.8 Å². The molecular weight excluding hydrogens is 240 g/mol. The molecule has 0 aliphatic heterocycles. The highest BCUT2D eigenvalue weighted by molar-refractivity contribution is 5.59. The Morgan fingerprint density at radius 3 is 2.68 bits per heavy atom. The van der Waals surface area contributed by atoms with Gasteiger partial charge in [0.05, 0.1) is 12.2 Å². The second kappa shape index (κ2) is 6.15. The average Bonchev–Trinajstić information content (AvgIpc) is 2.35. The number of hydrogen-bond acceptors (Lipinski definition) is 4. The first-order valence-electron chi connectivity index (χ1n) is 7.00. The number of methoxy groups -OCH3 is 1. The van der Waals surface area contributed by atoms with Gasteiger partial charge in [-0.15, -0.1) is 0 Å². The van der Waals surface area contributed by atoms with Crippen LogP contribution in [0.1, 0.15) is 32.6 Å². The van der Waals surface area contributed by atoms with Crippen molar-refractivity contribution in [3.05, 3.63) is 18.2 Å². The normalized spacial score (nSPS) is 16.7. The number of nitrogens with two attached hydrogens (primary N) is 1. The molecule has 4 heteroatoms. The minimum atomic E-state index is 0.00897. The molecule has 0 bridgehead atoms. The van der Waals surface area contributed by atoms with E-state index in [0.717, 1.165) is 42.9 Å². The standard InChI is InChI=1S/C15H24N2O2/c1-3-7-19-14-9-12(16)8-13(10-14)17-11-15(18-2)5-4-6-15/h8-10,17H,3-7,11,16H2,1-2H3. The van der Waals surface area contributed by atoms with Gasteiger partial charge in [0.25, 0.3) is 0 Å². The van der Waals surface area contributed by atoms with Crippen LogP contribution in [0, 0.1) is 0 Å². The van der Waals surface area contributed by atoms with E-state index in [1.807, 2.05) is 18.2 Å². The Bertz CT molecular complexity index is 411. The molecule has 1 saturated carbocycles. The molecule has 3 N–H and O–H groups in total. The number of hydrogen-bond donors (Lipinski definition) is 2. The molecule has 1 aliphatic rings. The zero-order chi connectivity index (χ0) is 13.7. The van der Waals surface area contributed by atoms with Gasteiger partial charge in [-0.05, 0) is 31.7 Å². The second-order valence-corrected chi connectivity index (χ2v) is 5.23. The molecule has 1 aromatic carbocycles. The predicted molar refractivity (Wildman–Crippen MR) is 78.7 cm³/mol. The highest BCUT2D eigenvalue weighted by Crippen LogP contribution is 2.35. The van der Waals surface area contributed by atoms with Gasteiger partial charge in [-0.25, -0.2) is 0 Å². The van der Waals surface area contributed by atoms with Crippen molar-refractivity contribution in [2.75, 3.05) is 31.3 Å². The van der Waals surface area contributed by atoms with E-state index in [-0.39, 0.29) is 5.60 Å². The van der Waals surface area contributed by atoms with Crippen LogP contribution >= 0.6 is 0 Å². The van der Waals surface area contributed by atoms with Crippen molar-refractivity contribution in [2.45, 2.75) is 38.2 Å². The third-order valence-corrected chi connectivity index (χ3v) is 3.71. The Hall–Kier alpha value is -1.42.